The van der Waals surface area contributed by atoms with E-state index in [1.54, 1.807) is 0 Å². The highest BCUT2D eigenvalue weighted by atomic mass is 16.5. The number of nitrogens with one attached hydrogen (secondary N) is 1. The Kier molecular flexibility index (Phi) is 2.76. The highest BCUT2D eigenvalue weighted by Gasteiger charge is 2.15. The molecule has 2 aliphatic rings. The van der Waals surface area contributed by atoms with Gasteiger partial charge in [0.05, 0.1) is 13.2 Å². The van der Waals surface area contributed by atoms with Gasteiger partial charge in [-0.25, -0.2) is 4.98 Å². The molecule has 1 aromatic heterocycles. The van der Waals surface area contributed by atoms with Crippen molar-refractivity contribution in [2.24, 2.45) is 0 Å². The number of piperazine rings is 1. The number of rotatable bonds is 1. The smallest absolute Gasteiger partial charge is 0.128 e. The lowest BCUT2D eigenvalue weighted by molar-refractivity contribution is 0.110. The molecule has 3 rings (SSSR count). The lowest BCUT2D eigenvalue weighted by atomic mass is 10.1. The monoisotopic (exact) mass is 219 g/mol. The summed E-state index contributed by atoms with van der Waals surface area (Å²) in [6, 6.07) is 2.24. The fourth-order valence-corrected chi connectivity index (χ4v) is 2.31. The Hall–Kier alpha value is -1.13. The number of pyridine rings is 1. The van der Waals surface area contributed by atoms with Crippen LogP contribution in [-0.4, -0.2) is 37.8 Å². The van der Waals surface area contributed by atoms with Crippen molar-refractivity contribution in [3.8, 4) is 0 Å². The maximum atomic E-state index is 5.42. The summed E-state index contributed by atoms with van der Waals surface area (Å²) in [5.74, 6) is 1.13. The predicted octanol–water partition coefficient (Wildman–Crippen LogP) is 0.564. The van der Waals surface area contributed by atoms with E-state index in [0.717, 1.165) is 51.6 Å². The van der Waals surface area contributed by atoms with Crippen molar-refractivity contribution in [1.82, 2.24) is 10.3 Å². The van der Waals surface area contributed by atoms with E-state index in [1.165, 1.54) is 11.1 Å². The lowest BCUT2D eigenvalue weighted by Crippen LogP contribution is -2.44. The second-order valence-corrected chi connectivity index (χ2v) is 4.35. The van der Waals surface area contributed by atoms with Crippen LogP contribution in [0.2, 0.25) is 0 Å². The molecule has 1 fully saturated rings. The van der Waals surface area contributed by atoms with Crippen LogP contribution in [0.5, 0.6) is 0 Å². The van der Waals surface area contributed by atoms with Crippen LogP contribution in [0.15, 0.2) is 12.3 Å². The summed E-state index contributed by atoms with van der Waals surface area (Å²) in [6.07, 6.45) is 3.00. The molecule has 0 saturated carbocycles. The second kappa shape index (κ2) is 4.39. The fraction of sp³-hybridized carbons (Fsp3) is 0.583. The standard InChI is InChI=1S/C12H17N3O/c1-6-16-9-11-8-14-12(7-10(1)11)15-4-2-13-3-5-15/h7-8,13H,1-6,9H2. The highest BCUT2D eigenvalue weighted by Crippen LogP contribution is 2.21. The SMILES string of the molecule is c1c(N2CCNCC2)ncc2c1CCOC2. The first-order valence-corrected chi connectivity index (χ1v) is 5.95. The van der Waals surface area contributed by atoms with Gasteiger partial charge in [0.1, 0.15) is 5.82 Å². The van der Waals surface area contributed by atoms with Gasteiger partial charge in [-0.1, -0.05) is 0 Å². The van der Waals surface area contributed by atoms with E-state index in [4.69, 9.17) is 4.74 Å². The molecule has 16 heavy (non-hydrogen) atoms. The van der Waals surface area contributed by atoms with E-state index in [9.17, 15) is 0 Å². The first kappa shape index (κ1) is 10.1. The van der Waals surface area contributed by atoms with E-state index in [2.05, 4.69) is 21.3 Å². The molecule has 1 N–H and O–H groups in total. The zero-order chi connectivity index (χ0) is 10.8. The van der Waals surface area contributed by atoms with E-state index in [-0.39, 0.29) is 0 Å². The zero-order valence-electron chi connectivity index (χ0n) is 9.41. The molecule has 0 radical (unpaired) electrons. The van der Waals surface area contributed by atoms with Gasteiger partial charge in [0.15, 0.2) is 0 Å². The molecule has 86 valence electrons. The van der Waals surface area contributed by atoms with Gasteiger partial charge < -0.3 is 15.0 Å². The summed E-state index contributed by atoms with van der Waals surface area (Å²) >= 11 is 0. The molecule has 2 aliphatic heterocycles. The minimum absolute atomic E-state index is 0.726. The zero-order valence-corrected chi connectivity index (χ0v) is 9.41. The van der Waals surface area contributed by atoms with E-state index < -0.39 is 0 Å². The van der Waals surface area contributed by atoms with Crippen molar-refractivity contribution in [1.29, 1.82) is 0 Å². The van der Waals surface area contributed by atoms with Crippen molar-refractivity contribution in [3.63, 3.8) is 0 Å². The number of ether oxygens (including phenoxy) is 1. The average Bonchev–Trinajstić information content (AvgIpc) is 2.39. The molecule has 0 atom stereocenters. The van der Waals surface area contributed by atoms with Crippen molar-refractivity contribution < 1.29 is 4.74 Å². The van der Waals surface area contributed by atoms with Gasteiger partial charge in [0.2, 0.25) is 0 Å². The molecular weight excluding hydrogens is 202 g/mol. The maximum Gasteiger partial charge on any atom is 0.128 e. The number of anilines is 1. The predicted molar refractivity (Wildman–Crippen MR) is 62.7 cm³/mol. The Morgan fingerprint density at radius 2 is 2.12 bits per heavy atom. The maximum absolute atomic E-state index is 5.42. The van der Waals surface area contributed by atoms with Gasteiger partial charge in [-0.05, 0) is 23.6 Å². The molecule has 4 heteroatoms. The van der Waals surface area contributed by atoms with Crippen molar-refractivity contribution in [2.45, 2.75) is 13.0 Å². The number of nitrogens with zero attached hydrogens (tertiary/aromatic N) is 2. The van der Waals surface area contributed by atoms with Gasteiger partial charge in [-0.2, -0.15) is 0 Å². The van der Waals surface area contributed by atoms with Gasteiger partial charge in [0.25, 0.3) is 0 Å². The third-order valence-corrected chi connectivity index (χ3v) is 3.28. The number of hydrogen-bond acceptors (Lipinski definition) is 4. The quantitative estimate of drug-likeness (QED) is 0.749. The molecule has 0 spiro atoms. The number of hydrogen-bond donors (Lipinski definition) is 1. The third kappa shape index (κ3) is 1.90. The molecular formula is C12H17N3O. The van der Waals surface area contributed by atoms with Crippen LogP contribution in [-0.2, 0) is 17.8 Å². The van der Waals surface area contributed by atoms with E-state index >= 15 is 0 Å². The normalized spacial score (nSPS) is 20.6. The first-order chi connectivity index (χ1) is 7.93. The Labute approximate surface area is 95.6 Å². The average molecular weight is 219 g/mol. The number of fused-ring (bicyclic) bond motifs is 1. The molecule has 0 unspecified atom stereocenters. The Morgan fingerprint density at radius 3 is 3.00 bits per heavy atom. The third-order valence-electron chi connectivity index (χ3n) is 3.28. The Bertz CT molecular complexity index is 375. The molecule has 1 saturated heterocycles. The van der Waals surface area contributed by atoms with E-state index in [0.29, 0.717) is 0 Å². The van der Waals surface area contributed by atoms with E-state index in [1.807, 2.05) is 6.20 Å². The molecule has 0 aromatic carbocycles. The molecule has 4 nitrogen and oxygen atoms in total. The van der Waals surface area contributed by atoms with Crippen molar-refractivity contribution in [2.75, 3.05) is 37.7 Å². The number of aromatic nitrogens is 1. The summed E-state index contributed by atoms with van der Waals surface area (Å²) in [4.78, 5) is 6.89. The molecule has 3 heterocycles. The summed E-state index contributed by atoms with van der Waals surface area (Å²) in [5, 5.41) is 3.36. The second-order valence-electron chi connectivity index (χ2n) is 4.35. The summed E-state index contributed by atoms with van der Waals surface area (Å²) < 4.78 is 5.42. The minimum Gasteiger partial charge on any atom is -0.376 e. The van der Waals surface area contributed by atoms with Crippen LogP contribution in [0.25, 0.3) is 0 Å². The molecule has 1 aromatic rings. The lowest BCUT2D eigenvalue weighted by Gasteiger charge is -2.29. The summed E-state index contributed by atoms with van der Waals surface area (Å²) in [5.41, 5.74) is 2.67. The van der Waals surface area contributed by atoms with Crippen LogP contribution in [0.3, 0.4) is 0 Å². The van der Waals surface area contributed by atoms with Gasteiger partial charge in [0, 0.05) is 32.4 Å². The Morgan fingerprint density at radius 1 is 1.25 bits per heavy atom. The summed E-state index contributed by atoms with van der Waals surface area (Å²) in [7, 11) is 0. The van der Waals surface area contributed by atoms with Gasteiger partial charge >= 0.3 is 0 Å². The fourth-order valence-electron chi connectivity index (χ4n) is 2.31. The van der Waals surface area contributed by atoms with Crippen LogP contribution < -0.4 is 10.2 Å². The van der Waals surface area contributed by atoms with Gasteiger partial charge in [-0.15, -0.1) is 0 Å². The van der Waals surface area contributed by atoms with Gasteiger partial charge in [-0.3, -0.25) is 0 Å². The topological polar surface area (TPSA) is 37.4 Å². The molecule has 0 aliphatic carbocycles. The molecule has 0 bridgehead atoms. The van der Waals surface area contributed by atoms with Crippen LogP contribution in [0.4, 0.5) is 5.82 Å². The minimum atomic E-state index is 0.726. The first-order valence-electron chi connectivity index (χ1n) is 5.95. The van der Waals surface area contributed by atoms with Crippen molar-refractivity contribution in [3.05, 3.63) is 23.4 Å². The summed E-state index contributed by atoms with van der Waals surface area (Å²) in [6.45, 7) is 5.80. The van der Waals surface area contributed by atoms with Crippen molar-refractivity contribution >= 4 is 5.82 Å². The van der Waals surface area contributed by atoms with Crippen LogP contribution >= 0.6 is 0 Å². The molecule has 0 amide bonds. The highest BCUT2D eigenvalue weighted by molar-refractivity contribution is 5.44. The largest absolute Gasteiger partial charge is 0.376 e. The van der Waals surface area contributed by atoms with Crippen LogP contribution in [0.1, 0.15) is 11.1 Å². The van der Waals surface area contributed by atoms with Crippen LogP contribution in [0, 0.1) is 0 Å². The Balaban J connectivity index is 1.84.